The number of nitro benzene ring substituents is 1. The molecular weight excluding hydrogens is 512 g/mol. The lowest BCUT2D eigenvalue weighted by Gasteiger charge is -2.17. The molecule has 13 heteroatoms. The third-order valence-corrected chi connectivity index (χ3v) is 6.10. The number of hydrogen-bond donors (Lipinski definition) is 2. The lowest BCUT2D eigenvalue weighted by Crippen LogP contribution is -2.30. The smallest absolute Gasteiger partial charge is 0.434 e. The fraction of sp³-hybridized carbons (Fsp3) is 0.308. The van der Waals surface area contributed by atoms with Crippen molar-refractivity contribution < 1.29 is 33.8 Å². The van der Waals surface area contributed by atoms with E-state index in [4.69, 9.17) is 14.2 Å². The number of ether oxygens (including phenoxy) is 3. The van der Waals surface area contributed by atoms with Crippen LogP contribution >= 0.6 is 0 Å². The average Bonchev–Trinajstić information content (AvgIpc) is 3.30. The van der Waals surface area contributed by atoms with Gasteiger partial charge in [0, 0.05) is 35.7 Å². The molecule has 1 aliphatic heterocycles. The molecule has 1 unspecified atom stereocenters. The Morgan fingerprint density at radius 2 is 1.90 bits per heavy atom. The van der Waals surface area contributed by atoms with Crippen molar-refractivity contribution in [3.05, 3.63) is 98.6 Å². The molecule has 0 aliphatic carbocycles. The molecule has 0 bridgehead atoms. The van der Waals surface area contributed by atoms with Gasteiger partial charge in [0.25, 0.3) is 11.6 Å². The topological polar surface area (TPSA) is 172 Å². The van der Waals surface area contributed by atoms with Crippen molar-refractivity contribution >= 4 is 23.6 Å². The molecule has 13 nitrogen and oxygen atoms in total. The second-order valence-corrected chi connectivity index (χ2v) is 8.84. The lowest BCUT2D eigenvalue weighted by molar-refractivity contribution is -0.385. The number of rotatable bonds is 9. The maximum atomic E-state index is 12.5. The minimum absolute atomic E-state index is 0.0368. The van der Waals surface area contributed by atoms with E-state index in [0.29, 0.717) is 11.1 Å². The number of hydrogen-bond acceptors (Lipinski definition) is 10. The summed E-state index contributed by atoms with van der Waals surface area (Å²) in [6.07, 6.45) is -2.46. The highest BCUT2D eigenvalue weighted by atomic mass is 16.7. The molecule has 204 valence electrons. The Kier molecular flexibility index (Phi) is 8.63. The number of aromatic nitrogens is 2. The molecule has 39 heavy (non-hydrogen) atoms. The monoisotopic (exact) mass is 538 g/mol. The summed E-state index contributed by atoms with van der Waals surface area (Å²) in [5.74, 6) is -0.828. The summed E-state index contributed by atoms with van der Waals surface area (Å²) < 4.78 is 17.0. The van der Waals surface area contributed by atoms with Gasteiger partial charge in [0.2, 0.25) is 0 Å². The fourth-order valence-electron chi connectivity index (χ4n) is 4.06. The van der Waals surface area contributed by atoms with Gasteiger partial charge in [0.15, 0.2) is 0 Å². The Morgan fingerprint density at radius 3 is 2.62 bits per heavy atom. The van der Waals surface area contributed by atoms with Gasteiger partial charge in [-0.3, -0.25) is 19.5 Å². The number of nitrogens with one attached hydrogen (secondary N) is 1. The largest absolute Gasteiger partial charge is 0.508 e. The highest BCUT2D eigenvalue weighted by molar-refractivity contribution is 6.03. The molecular formula is C26H26N4O9. The van der Waals surface area contributed by atoms with Crippen LogP contribution in [0, 0.1) is 10.1 Å². The molecule has 2 aromatic carbocycles. The van der Waals surface area contributed by atoms with Crippen LogP contribution in [0.25, 0.3) is 0 Å². The number of benzene rings is 2. The van der Waals surface area contributed by atoms with Crippen LogP contribution in [0.15, 0.2) is 71.7 Å². The molecule has 0 saturated carbocycles. The predicted molar refractivity (Wildman–Crippen MR) is 136 cm³/mol. The van der Waals surface area contributed by atoms with Crippen molar-refractivity contribution in [3.8, 4) is 0 Å². The number of anilines is 1. The molecule has 1 aliphatic rings. The van der Waals surface area contributed by atoms with Crippen LogP contribution in [0.4, 0.5) is 16.3 Å². The molecule has 1 saturated heterocycles. The summed E-state index contributed by atoms with van der Waals surface area (Å²) in [4.78, 5) is 51.5. The molecule has 4 atom stereocenters. The Morgan fingerprint density at radius 1 is 1.18 bits per heavy atom. The summed E-state index contributed by atoms with van der Waals surface area (Å²) in [5, 5.41) is 24.1. The molecule has 4 rings (SSSR count). The Labute approximate surface area is 222 Å². The van der Waals surface area contributed by atoms with Gasteiger partial charge in [-0.15, -0.1) is 0 Å². The zero-order valence-electron chi connectivity index (χ0n) is 20.8. The van der Waals surface area contributed by atoms with Crippen molar-refractivity contribution in [2.45, 2.75) is 37.7 Å². The van der Waals surface area contributed by atoms with Gasteiger partial charge in [-0.1, -0.05) is 43.3 Å². The van der Waals surface area contributed by atoms with Gasteiger partial charge in [-0.2, -0.15) is 4.98 Å². The van der Waals surface area contributed by atoms with Crippen molar-refractivity contribution in [1.82, 2.24) is 9.55 Å². The fourth-order valence-corrected chi connectivity index (χ4v) is 4.06. The molecule has 1 fully saturated rings. The van der Waals surface area contributed by atoms with E-state index in [1.807, 2.05) is 0 Å². The van der Waals surface area contributed by atoms with E-state index in [1.54, 1.807) is 55.5 Å². The maximum absolute atomic E-state index is 12.5. The van der Waals surface area contributed by atoms with E-state index in [2.05, 4.69) is 10.3 Å². The predicted octanol–water partition coefficient (Wildman–Crippen LogP) is 3.01. The van der Waals surface area contributed by atoms with Crippen LogP contribution in [0.3, 0.4) is 0 Å². The summed E-state index contributed by atoms with van der Waals surface area (Å²) in [5.41, 5.74) is 0.0372. The van der Waals surface area contributed by atoms with Crippen LogP contribution in [0.2, 0.25) is 0 Å². The standard InChI is InChI=1S/C26H26N4O9/c1-16(18-9-5-6-10-19(18)30(35)36)14-37-26(34)38-15-21-20(31)13-23(39-21)29-12-11-22(28-25(29)33)27-24(32)17-7-3-2-4-8-17/h2-12,16,20-21,23,31H,13-15H2,1H3,(H,27,28,32,33)/t16?,20-,21+,23+/m0/s1. The Bertz CT molecular complexity index is 1400. The first kappa shape index (κ1) is 27.4. The van der Waals surface area contributed by atoms with Crippen molar-refractivity contribution in [2.24, 2.45) is 0 Å². The van der Waals surface area contributed by atoms with E-state index in [0.717, 1.165) is 4.57 Å². The van der Waals surface area contributed by atoms with E-state index >= 15 is 0 Å². The van der Waals surface area contributed by atoms with Crippen LogP contribution in [-0.2, 0) is 14.2 Å². The van der Waals surface area contributed by atoms with Crippen LogP contribution in [-0.4, -0.2) is 57.1 Å². The zero-order valence-corrected chi connectivity index (χ0v) is 20.8. The van der Waals surface area contributed by atoms with Gasteiger partial charge in [0.05, 0.1) is 11.0 Å². The van der Waals surface area contributed by atoms with E-state index in [1.165, 1.54) is 18.3 Å². The van der Waals surface area contributed by atoms with E-state index in [9.17, 15) is 29.6 Å². The number of carbonyl (C=O) groups excluding carboxylic acids is 2. The lowest BCUT2D eigenvalue weighted by atomic mass is 10.0. The van der Waals surface area contributed by atoms with Crippen molar-refractivity contribution in [3.63, 3.8) is 0 Å². The zero-order chi connectivity index (χ0) is 27.9. The third-order valence-electron chi connectivity index (χ3n) is 6.10. The quantitative estimate of drug-likeness (QED) is 0.234. The SMILES string of the molecule is CC(COC(=O)OC[C@H]1O[C@@H](n2ccc(NC(=O)c3ccccc3)nc2=O)C[C@@H]1O)c1ccccc1[N+](=O)[O-]. The summed E-state index contributed by atoms with van der Waals surface area (Å²) in [7, 11) is 0. The first-order chi connectivity index (χ1) is 18.7. The molecule has 0 radical (unpaired) electrons. The van der Waals surface area contributed by atoms with Gasteiger partial charge in [-0.25, -0.2) is 9.59 Å². The highest BCUT2D eigenvalue weighted by Gasteiger charge is 2.36. The van der Waals surface area contributed by atoms with Crippen molar-refractivity contribution in [2.75, 3.05) is 18.5 Å². The van der Waals surface area contributed by atoms with Gasteiger partial charge < -0.3 is 24.6 Å². The average molecular weight is 539 g/mol. The van der Waals surface area contributed by atoms with Gasteiger partial charge in [-0.05, 0) is 18.2 Å². The van der Waals surface area contributed by atoms with Gasteiger partial charge in [0.1, 0.15) is 31.4 Å². The second-order valence-electron chi connectivity index (χ2n) is 8.84. The maximum Gasteiger partial charge on any atom is 0.508 e. The van der Waals surface area contributed by atoms with Crippen LogP contribution in [0.1, 0.15) is 41.4 Å². The summed E-state index contributed by atoms with van der Waals surface area (Å²) in [6.45, 7) is 1.17. The second kappa shape index (κ2) is 12.3. The normalized spacial score (nSPS) is 19.2. The molecule has 0 spiro atoms. The van der Waals surface area contributed by atoms with Crippen molar-refractivity contribution in [1.29, 1.82) is 0 Å². The van der Waals surface area contributed by atoms with Gasteiger partial charge >= 0.3 is 11.8 Å². The first-order valence-corrected chi connectivity index (χ1v) is 12.0. The number of aliphatic hydroxyl groups is 1. The molecule has 1 aromatic heterocycles. The highest BCUT2D eigenvalue weighted by Crippen LogP contribution is 2.29. The molecule has 1 amide bonds. The van der Waals surface area contributed by atoms with Crippen LogP contribution in [0.5, 0.6) is 0 Å². The number of nitro groups is 1. The first-order valence-electron chi connectivity index (χ1n) is 12.0. The van der Waals surface area contributed by atoms with E-state index in [-0.39, 0.29) is 31.1 Å². The number of carbonyl (C=O) groups is 2. The van der Waals surface area contributed by atoms with E-state index < -0.39 is 47.0 Å². The Hall–Kier alpha value is -4.62. The summed E-state index contributed by atoms with van der Waals surface area (Å²) >= 11 is 0. The number of aliphatic hydroxyl groups excluding tert-OH is 1. The Balaban J connectivity index is 1.27. The number of amides is 1. The third kappa shape index (κ3) is 6.83. The number of nitrogens with zero attached hydrogens (tertiary/aromatic N) is 3. The number of para-hydroxylation sites is 1. The molecule has 3 aromatic rings. The minimum Gasteiger partial charge on any atom is -0.434 e. The van der Waals surface area contributed by atoms with Crippen LogP contribution < -0.4 is 11.0 Å². The molecule has 2 N–H and O–H groups in total. The minimum atomic E-state index is -1.04. The summed E-state index contributed by atoms with van der Waals surface area (Å²) in [6, 6.07) is 16.0. The molecule has 2 heterocycles.